The Balaban J connectivity index is 2.43. The van der Waals surface area contributed by atoms with E-state index in [9.17, 15) is 5.21 Å². The summed E-state index contributed by atoms with van der Waals surface area (Å²) < 4.78 is 1.48. The fourth-order valence-corrected chi connectivity index (χ4v) is 2.37. The largest absolute Gasteiger partial charge is 0.409 e. The van der Waals surface area contributed by atoms with Gasteiger partial charge in [0.05, 0.1) is 0 Å². The van der Waals surface area contributed by atoms with Crippen molar-refractivity contribution < 1.29 is 5.21 Å². The zero-order chi connectivity index (χ0) is 15.2. The van der Waals surface area contributed by atoms with Gasteiger partial charge in [0.15, 0.2) is 0 Å². The van der Waals surface area contributed by atoms with E-state index >= 15 is 0 Å². The quantitative estimate of drug-likeness (QED) is 0.396. The fraction of sp³-hybridized carbons (Fsp3) is 0.438. The molecule has 21 heavy (non-hydrogen) atoms. The topological polar surface area (TPSA) is 63.3 Å². The van der Waals surface area contributed by atoms with Crippen molar-refractivity contribution in [3.8, 4) is 0 Å². The minimum absolute atomic E-state index is 0.335. The second-order valence-electron chi connectivity index (χ2n) is 5.44. The maximum Gasteiger partial charge on any atom is 0.201 e. The number of hydrogen-bond donors (Lipinski definition) is 1. The zero-order valence-corrected chi connectivity index (χ0v) is 12.8. The Bertz CT molecular complexity index is 603. The number of oxime groups is 1. The molecule has 112 valence electrons. The van der Waals surface area contributed by atoms with E-state index in [1.165, 1.54) is 35.7 Å². The molecule has 2 rings (SSSR count). The molecule has 0 unspecified atom stereocenters. The third-order valence-electron chi connectivity index (χ3n) is 3.53. The van der Waals surface area contributed by atoms with Gasteiger partial charge in [-0.05, 0) is 29.9 Å². The van der Waals surface area contributed by atoms with Gasteiger partial charge in [-0.2, -0.15) is 9.78 Å². The van der Waals surface area contributed by atoms with E-state index in [0.29, 0.717) is 11.8 Å². The lowest BCUT2D eigenvalue weighted by atomic mass is 9.93. The van der Waals surface area contributed by atoms with Gasteiger partial charge < -0.3 is 5.21 Å². The maximum absolute atomic E-state index is 9.37. The Kier molecular flexibility index (Phi) is 5.09. The average molecular weight is 286 g/mol. The summed E-state index contributed by atoms with van der Waals surface area (Å²) in [5.41, 5.74) is 3.37. The van der Waals surface area contributed by atoms with E-state index in [2.05, 4.69) is 48.1 Å². The van der Waals surface area contributed by atoms with Gasteiger partial charge in [0, 0.05) is 5.56 Å². The molecule has 0 radical (unpaired) electrons. The monoisotopic (exact) mass is 286 g/mol. The summed E-state index contributed by atoms with van der Waals surface area (Å²) in [6.45, 7) is 6.47. The molecule has 0 aliphatic carbocycles. The molecule has 5 nitrogen and oxygen atoms in total. The molecule has 5 heteroatoms. The van der Waals surface area contributed by atoms with E-state index < -0.39 is 0 Å². The lowest BCUT2D eigenvalue weighted by Gasteiger charge is -2.15. The molecule has 0 saturated heterocycles. The molecule has 1 heterocycles. The summed E-state index contributed by atoms with van der Waals surface area (Å²) >= 11 is 0. The Morgan fingerprint density at radius 2 is 2.19 bits per heavy atom. The van der Waals surface area contributed by atoms with E-state index in [0.717, 1.165) is 17.5 Å². The molecule has 0 aliphatic rings. The maximum atomic E-state index is 9.37. The lowest BCUT2D eigenvalue weighted by molar-refractivity contribution is 0.316. The van der Waals surface area contributed by atoms with Crippen LogP contribution in [0.15, 0.2) is 36.0 Å². The van der Waals surface area contributed by atoms with Crippen LogP contribution in [0.25, 0.3) is 0 Å². The van der Waals surface area contributed by atoms with Gasteiger partial charge in [-0.1, -0.05) is 50.5 Å². The molecule has 0 fully saturated rings. The van der Waals surface area contributed by atoms with Crippen LogP contribution in [0.5, 0.6) is 0 Å². The Labute approximate surface area is 125 Å². The van der Waals surface area contributed by atoms with Crippen LogP contribution < -0.4 is 0 Å². The van der Waals surface area contributed by atoms with Crippen molar-refractivity contribution >= 4 is 5.84 Å². The summed E-state index contributed by atoms with van der Waals surface area (Å²) in [6.07, 6.45) is 6.40. The number of unbranched alkanes of at least 4 members (excludes halogenated alkanes) is 1. The molecular weight excluding hydrogens is 264 g/mol. The molecule has 0 aliphatic heterocycles. The first-order valence-corrected chi connectivity index (χ1v) is 7.37. The van der Waals surface area contributed by atoms with Crippen molar-refractivity contribution in [2.24, 2.45) is 5.16 Å². The average Bonchev–Trinajstić information content (AvgIpc) is 3.00. The first-order valence-electron chi connectivity index (χ1n) is 7.37. The number of hydrogen-bond acceptors (Lipinski definition) is 4. The van der Waals surface area contributed by atoms with Crippen LogP contribution in [0, 0.1) is 0 Å². The number of benzene rings is 1. The van der Waals surface area contributed by atoms with E-state index in [-0.39, 0.29) is 0 Å². The molecule has 0 saturated carbocycles. The highest BCUT2D eigenvalue weighted by Gasteiger charge is 2.15. The Morgan fingerprint density at radius 1 is 1.38 bits per heavy atom. The zero-order valence-electron chi connectivity index (χ0n) is 12.8. The summed E-state index contributed by atoms with van der Waals surface area (Å²) in [5, 5.41) is 16.8. The van der Waals surface area contributed by atoms with E-state index in [1.54, 1.807) is 0 Å². The normalized spacial score (nSPS) is 12.1. The van der Waals surface area contributed by atoms with Gasteiger partial charge in [-0.25, -0.2) is 4.98 Å². The summed E-state index contributed by atoms with van der Waals surface area (Å²) in [4.78, 5) is 3.91. The van der Waals surface area contributed by atoms with Crippen molar-refractivity contribution in [1.29, 1.82) is 0 Å². The molecular formula is C16H22N4O. The molecule has 0 amide bonds. The van der Waals surface area contributed by atoms with Crippen LogP contribution in [0.1, 0.15) is 56.2 Å². The summed E-state index contributed by atoms with van der Waals surface area (Å²) in [7, 11) is 0. The number of aromatic nitrogens is 3. The lowest BCUT2D eigenvalue weighted by Crippen LogP contribution is -2.17. The van der Waals surface area contributed by atoms with Crippen LogP contribution >= 0.6 is 0 Å². The highest BCUT2D eigenvalue weighted by atomic mass is 16.4. The SMILES string of the molecule is CCCCc1ccc(C(=NO)n2cncn2)c(C(C)C)c1. The van der Waals surface area contributed by atoms with E-state index in [1.807, 2.05) is 6.07 Å². The van der Waals surface area contributed by atoms with Crippen molar-refractivity contribution in [2.45, 2.75) is 46.0 Å². The minimum atomic E-state index is 0.335. The first kappa shape index (κ1) is 15.2. The first-order chi connectivity index (χ1) is 10.2. The Morgan fingerprint density at radius 3 is 2.76 bits per heavy atom. The minimum Gasteiger partial charge on any atom is -0.409 e. The third-order valence-corrected chi connectivity index (χ3v) is 3.53. The number of aryl methyl sites for hydroxylation is 1. The highest BCUT2D eigenvalue weighted by molar-refractivity contribution is 6.00. The molecule has 0 atom stereocenters. The molecule has 1 aromatic carbocycles. The molecule has 1 N–H and O–H groups in total. The molecule has 1 aromatic heterocycles. The number of rotatable bonds is 5. The predicted octanol–water partition coefficient (Wildman–Crippen LogP) is 3.43. The summed E-state index contributed by atoms with van der Waals surface area (Å²) in [5.74, 6) is 0.736. The molecule has 0 bridgehead atoms. The third kappa shape index (κ3) is 3.48. The van der Waals surface area contributed by atoms with Crippen molar-refractivity contribution in [1.82, 2.24) is 14.8 Å². The smallest absolute Gasteiger partial charge is 0.201 e. The highest BCUT2D eigenvalue weighted by Crippen LogP contribution is 2.23. The standard InChI is InChI=1S/C16H22N4O/c1-4-5-6-13-7-8-14(15(9-13)12(2)3)16(19-21)20-11-17-10-18-20/h7-12,21H,4-6H2,1-3H3. The number of nitrogens with zero attached hydrogens (tertiary/aromatic N) is 4. The van der Waals surface area contributed by atoms with Crippen LogP contribution in [-0.2, 0) is 6.42 Å². The van der Waals surface area contributed by atoms with Crippen LogP contribution in [0.3, 0.4) is 0 Å². The van der Waals surface area contributed by atoms with Crippen molar-refractivity contribution in [2.75, 3.05) is 0 Å². The second-order valence-corrected chi connectivity index (χ2v) is 5.44. The second kappa shape index (κ2) is 7.02. The predicted molar refractivity (Wildman–Crippen MR) is 82.9 cm³/mol. The van der Waals surface area contributed by atoms with Gasteiger partial charge in [-0.15, -0.1) is 0 Å². The van der Waals surface area contributed by atoms with Gasteiger partial charge in [-0.3, -0.25) is 0 Å². The van der Waals surface area contributed by atoms with Gasteiger partial charge in [0.2, 0.25) is 5.84 Å². The van der Waals surface area contributed by atoms with Crippen molar-refractivity contribution in [3.05, 3.63) is 47.5 Å². The van der Waals surface area contributed by atoms with E-state index in [4.69, 9.17) is 0 Å². The van der Waals surface area contributed by atoms with Crippen LogP contribution in [0.4, 0.5) is 0 Å². The van der Waals surface area contributed by atoms with Gasteiger partial charge in [0.1, 0.15) is 12.7 Å². The summed E-state index contributed by atoms with van der Waals surface area (Å²) in [6, 6.07) is 6.31. The fourth-order valence-electron chi connectivity index (χ4n) is 2.37. The van der Waals surface area contributed by atoms with Crippen LogP contribution in [0.2, 0.25) is 0 Å². The van der Waals surface area contributed by atoms with Crippen molar-refractivity contribution in [3.63, 3.8) is 0 Å². The Hall–Kier alpha value is -2.17. The van der Waals surface area contributed by atoms with Crippen LogP contribution in [-0.4, -0.2) is 25.8 Å². The molecule has 2 aromatic rings. The molecule has 0 spiro atoms. The van der Waals surface area contributed by atoms with Gasteiger partial charge in [0.25, 0.3) is 0 Å². The van der Waals surface area contributed by atoms with Gasteiger partial charge >= 0.3 is 0 Å².